The van der Waals surface area contributed by atoms with Gasteiger partial charge in [-0.15, -0.1) is 0 Å². The highest BCUT2D eigenvalue weighted by Gasteiger charge is 2.05. The average molecular weight is 169 g/mol. The predicted octanol–water partition coefficient (Wildman–Crippen LogP) is 0.948. The number of carboxylic acid groups (broad SMARTS) is 1. The van der Waals surface area contributed by atoms with Crippen LogP contribution in [0.1, 0.15) is 13.3 Å². The second kappa shape index (κ2) is 6.38. The van der Waals surface area contributed by atoms with Gasteiger partial charge in [0.05, 0.1) is 18.2 Å². The number of ether oxygens (including phenoxy) is 1. The number of nitriles is 1. The molecular weight excluding hydrogens is 158 g/mol. The van der Waals surface area contributed by atoms with Crippen molar-refractivity contribution in [2.45, 2.75) is 13.3 Å². The Morgan fingerprint density at radius 2 is 2.42 bits per heavy atom. The summed E-state index contributed by atoms with van der Waals surface area (Å²) in [6, 6.07) is 1.65. The van der Waals surface area contributed by atoms with Crippen molar-refractivity contribution in [3.63, 3.8) is 0 Å². The third kappa shape index (κ3) is 4.47. The SMILES string of the molecule is CCCOC/C(=C/C#N)C(=O)O. The first-order chi connectivity index (χ1) is 5.72. The van der Waals surface area contributed by atoms with E-state index in [1.807, 2.05) is 6.92 Å². The summed E-state index contributed by atoms with van der Waals surface area (Å²) in [5, 5.41) is 16.7. The van der Waals surface area contributed by atoms with E-state index in [1.165, 1.54) is 0 Å². The van der Waals surface area contributed by atoms with Crippen LogP contribution in [-0.4, -0.2) is 24.3 Å². The Morgan fingerprint density at radius 3 is 2.83 bits per heavy atom. The number of allylic oxidation sites excluding steroid dienone is 1. The second-order valence-corrected chi connectivity index (χ2v) is 2.16. The number of hydrogen-bond acceptors (Lipinski definition) is 3. The number of aliphatic carboxylic acids is 1. The number of carbonyl (C=O) groups is 1. The van der Waals surface area contributed by atoms with E-state index in [9.17, 15) is 4.79 Å². The van der Waals surface area contributed by atoms with Gasteiger partial charge in [0.1, 0.15) is 0 Å². The highest BCUT2D eigenvalue weighted by atomic mass is 16.5. The summed E-state index contributed by atoms with van der Waals surface area (Å²) in [4.78, 5) is 10.4. The van der Waals surface area contributed by atoms with Crippen molar-refractivity contribution in [3.8, 4) is 6.07 Å². The van der Waals surface area contributed by atoms with Crippen molar-refractivity contribution in [1.82, 2.24) is 0 Å². The fourth-order valence-electron chi connectivity index (χ4n) is 0.570. The van der Waals surface area contributed by atoms with E-state index in [4.69, 9.17) is 15.1 Å². The van der Waals surface area contributed by atoms with Gasteiger partial charge in [0.2, 0.25) is 0 Å². The Labute approximate surface area is 71.1 Å². The molecule has 66 valence electrons. The molecular formula is C8H11NO3. The van der Waals surface area contributed by atoms with Crippen molar-refractivity contribution >= 4 is 5.97 Å². The molecule has 0 aliphatic rings. The Bertz CT molecular complexity index is 215. The van der Waals surface area contributed by atoms with Gasteiger partial charge in [0.15, 0.2) is 0 Å². The summed E-state index contributed by atoms with van der Waals surface area (Å²) in [7, 11) is 0. The van der Waals surface area contributed by atoms with Crippen LogP contribution in [0.2, 0.25) is 0 Å². The van der Waals surface area contributed by atoms with Crippen LogP contribution >= 0.6 is 0 Å². The monoisotopic (exact) mass is 169 g/mol. The lowest BCUT2D eigenvalue weighted by Gasteiger charge is -2.00. The Hall–Kier alpha value is -1.34. The molecule has 0 fully saturated rings. The van der Waals surface area contributed by atoms with Crippen molar-refractivity contribution in [2.24, 2.45) is 0 Å². The molecule has 0 saturated carbocycles. The first-order valence-corrected chi connectivity index (χ1v) is 3.62. The standard InChI is InChI=1S/C8H11NO3/c1-2-5-12-6-7(3-4-9)8(10)11/h3H,2,5-6H2,1H3,(H,10,11)/b7-3-. The van der Waals surface area contributed by atoms with E-state index in [0.717, 1.165) is 12.5 Å². The third-order valence-corrected chi connectivity index (χ3v) is 1.12. The fraction of sp³-hybridized carbons (Fsp3) is 0.500. The van der Waals surface area contributed by atoms with Gasteiger partial charge in [0, 0.05) is 12.7 Å². The van der Waals surface area contributed by atoms with Crippen molar-refractivity contribution < 1.29 is 14.6 Å². The highest BCUT2D eigenvalue weighted by Crippen LogP contribution is 1.95. The number of rotatable bonds is 5. The van der Waals surface area contributed by atoms with Gasteiger partial charge < -0.3 is 9.84 Å². The number of carboxylic acids is 1. The van der Waals surface area contributed by atoms with Gasteiger partial charge in [-0.1, -0.05) is 6.92 Å². The van der Waals surface area contributed by atoms with E-state index in [0.29, 0.717) is 6.61 Å². The summed E-state index contributed by atoms with van der Waals surface area (Å²) >= 11 is 0. The molecule has 4 nitrogen and oxygen atoms in total. The topological polar surface area (TPSA) is 70.3 Å². The molecule has 0 aliphatic heterocycles. The smallest absolute Gasteiger partial charge is 0.334 e. The maximum atomic E-state index is 10.4. The summed E-state index contributed by atoms with van der Waals surface area (Å²) in [5.41, 5.74) is -0.00838. The van der Waals surface area contributed by atoms with Crippen LogP contribution in [0, 0.1) is 11.3 Å². The normalized spacial score (nSPS) is 10.8. The minimum atomic E-state index is -1.10. The number of nitrogens with zero attached hydrogens (tertiary/aromatic N) is 1. The molecule has 0 spiro atoms. The lowest BCUT2D eigenvalue weighted by atomic mass is 10.3. The van der Waals surface area contributed by atoms with Gasteiger partial charge in [0.25, 0.3) is 0 Å². The molecule has 0 radical (unpaired) electrons. The van der Waals surface area contributed by atoms with E-state index in [-0.39, 0.29) is 12.2 Å². The Balaban J connectivity index is 3.91. The Morgan fingerprint density at radius 1 is 1.75 bits per heavy atom. The summed E-state index contributed by atoms with van der Waals surface area (Å²) < 4.78 is 4.96. The molecule has 4 heteroatoms. The first-order valence-electron chi connectivity index (χ1n) is 3.62. The van der Waals surface area contributed by atoms with E-state index in [1.54, 1.807) is 6.07 Å². The van der Waals surface area contributed by atoms with Crippen LogP contribution in [0.15, 0.2) is 11.6 Å². The summed E-state index contributed by atoms with van der Waals surface area (Å²) in [6.07, 6.45) is 1.82. The molecule has 0 aromatic carbocycles. The minimum Gasteiger partial charge on any atom is -0.478 e. The molecule has 0 rings (SSSR count). The fourth-order valence-corrected chi connectivity index (χ4v) is 0.570. The summed E-state index contributed by atoms with van der Waals surface area (Å²) in [6.45, 7) is 2.43. The average Bonchev–Trinajstić information content (AvgIpc) is 2.03. The maximum absolute atomic E-state index is 10.4. The lowest BCUT2D eigenvalue weighted by molar-refractivity contribution is -0.133. The zero-order chi connectivity index (χ0) is 9.40. The molecule has 0 amide bonds. The van der Waals surface area contributed by atoms with Crippen LogP contribution in [0.3, 0.4) is 0 Å². The van der Waals surface area contributed by atoms with Crippen LogP contribution in [0.25, 0.3) is 0 Å². The molecule has 0 atom stereocenters. The summed E-state index contributed by atoms with van der Waals surface area (Å²) in [5.74, 6) is -1.10. The quantitative estimate of drug-likeness (QED) is 0.378. The van der Waals surface area contributed by atoms with Crippen molar-refractivity contribution in [2.75, 3.05) is 13.2 Å². The highest BCUT2D eigenvalue weighted by molar-refractivity contribution is 5.87. The van der Waals surface area contributed by atoms with E-state index in [2.05, 4.69) is 0 Å². The molecule has 0 aromatic rings. The van der Waals surface area contributed by atoms with Gasteiger partial charge in [-0.3, -0.25) is 0 Å². The maximum Gasteiger partial charge on any atom is 0.334 e. The molecule has 0 unspecified atom stereocenters. The molecule has 0 saturated heterocycles. The van der Waals surface area contributed by atoms with Gasteiger partial charge in [-0.25, -0.2) is 4.79 Å². The zero-order valence-electron chi connectivity index (χ0n) is 6.91. The molecule has 0 bridgehead atoms. The van der Waals surface area contributed by atoms with Gasteiger partial charge >= 0.3 is 5.97 Å². The van der Waals surface area contributed by atoms with Crippen LogP contribution in [-0.2, 0) is 9.53 Å². The van der Waals surface area contributed by atoms with Crippen LogP contribution < -0.4 is 0 Å². The molecule has 12 heavy (non-hydrogen) atoms. The van der Waals surface area contributed by atoms with E-state index < -0.39 is 5.97 Å². The van der Waals surface area contributed by atoms with Crippen LogP contribution in [0.4, 0.5) is 0 Å². The zero-order valence-corrected chi connectivity index (χ0v) is 6.91. The molecule has 0 heterocycles. The van der Waals surface area contributed by atoms with E-state index >= 15 is 0 Å². The van der Waals surface area contributed by atoms with Gasteiger partial charge in [-0.05, 0) is 6.42 Å². The number of hydrogen-bond donors (Lipinski definition) is 1. The lowest BCUT2D eigenvalue weighted by Crippen LogP contribution is -2.08. The first kappa shape index (κ1) is 10.7. The Kier molecular flexibility index (Phi) is 5.66. The largest absolute Gasteiger partial charge is 0.478 e. The molecule has 0 aliphatic carbocycles. The second-order valence-electron chi connectivity index (χ2n) is 2.16. The predicted molar refractivity (Wildman–Crippen MR) is 42.4 cm³/mol. The van der Waals surface area contributed by atoms with Gasteiger partial charge in [-0.2, -0.15) is 5.26 Å². The third-order valence-electron chi connectivity index (χ3n) is 1.12. The van der Waals surface area contributed by atoms with Crippen LogP contribution in [0.5, 0.6) is 0 Å². The molecule has 0 aromatic heterocycles. The van der Waals surface area contributed by atoms with Crippen molar-refractivity contribution in [1.29, 1.82) is 5.26 Å². The molecule has 1 N–H and O–H groups in total. The minimum absolute atomic E-state index is 0.00324. The van der Waals surface area contributed by atoms with Crippen molar-refractivity contribution in [3.05, 3.63) is 11.6 Å².